The lowest BCUT2D eigenvalue weighted by Crippen LogP contribution is -2.16. The lowest BCUT2D eigenvalue weighted by Gasteiger charge is -2.05. The highest BCUT2D eigenvalue weighted by atomic mass is 32.2. The van der Waals surface area contributed by atoms with E-state index in [1.165, 1.54) is 6.92 Å². The van der Waals surface area contributed by atoms with Gasteiger partial charge in [-0.05, 0) is 44.5 Å². The molecule has 1 aromatic carbocycles. The fraction of sp³-hybridized carbons (Fsp3) is 0.278. The van der Waals surface area contributed by atoms with Crippen LogP contribution in [0.1, 0.15) is 39.0 Å². The lowest BCUT2D eigenvalue weighted by molar-refractivity contribution is -0.139. The number of rotatable bonds is 7. The SMILES string of the molecule is CC(=O)c1c(C)[nH]c(C(=O)COC(=O)CSc2cc(F)ccc2F)c1C. The molecule has 2 rings (SSSR count). The lowest BCUT2D eigenvalue weighted by atomic mass is 10.1. The second-order valence-electron chi connectivity index (χ2n) is 5.63. The number of carbonyl (C=O) groups excluding carboxylic acids is 3. The van der Waals surface area contributed by atoms with E-state index in [1.54, 1.807) is 13.8 Å². The van der Waals surface area contributed by atoms with E-state index in [1.807, 2.05) is 0 Å². The molecule has 0 saturated carbocycles. The van der Waals surface area contributed by atoms with E-state index in [0.29, 0.717) is 16.8 Å². The molecule has 1 N–H and O–H groups in total. The Balaban J connectivity index is 1.93. The number of halogens is 2. The van der Waals surface area contributed by atoms with Gasteiger partial charge >= 0.3 is 5.97 Å². The Bertz CT molecular complexity index is 876. The smallest absolute Gasteiger partial charge is 0.316 e. The van der Waals surface area contributed by atoms with Crippen LogP contribution in [0.25, 0.3) is 0 Å². The maximum atomic E-state index is 13.5. The molecule has 1 aromatic heterocycles. The Morgan fingerprint density at radius 3 is 2.50 bits per heavy atom. The van der Waals surface area contributed by atoms with Gasteiger partial charge in [0.2, 0.25) is 5.78 Å². The van der Waals surface area contributed by atoms with Crippen molar-refractivity contribution in [1.82, 2.24) is 4.98 Å². The summed E-state index contributed by atoms with van der Waals surface area (Å²) in [5.74, 6) is -2.91. The second kappa shape index (κ2) is 8.27. The summed E-state index contributed by atoms with van der Waals surface area (Å²) < 4.78 is 31.4. The number of hydrogen-bond donors (Lipinski definition) is 1. The number of ether oxygens (including phenoxy) is 1. The molecule has 0 unspecified atom stereocenters. The third-order valence-electron chi connectivity index (χ3n) is 3.67. The van der Waals surface area contributed by atoms with Crippen molar-refractivity contribution in [2.45, 2.75) is 25.7 Å². The highest BCUT2D eigenvalue weighted by molar-refractivity contribution is 8.00. The van der Waals surface area contributed by atoms with Crippen LogP contribution in [0.3, 0.4) is 0 Å². The van der Waals surface area contributed by atoms with Crippen LogP contribution in [0.15, 0.2) is 23.1 Å². The first-order chi connectivity index (χ1) is 12.2. The molecule has 0 saturated heterocycles. The topological polar surface area (TPSA) is 76.2 Å². The molecule has 8 heteroatoms. The number of esters is 1. The van der Waals surface area contributed by atoms with Gasteiger partial charge in [-0.2, -0.15) is 0 Å². The van der Waals surface area contributed by atoms with Gasteiger partial charge in [-0.3, -0.25) is 14.4 Å². The van der Waals surface area contributed by atoms with Crippen molar-refractivity contribution in [3.8, 4) is 0 Å². The van der Waals surface area contributed by atoms with Crippen LogP contribution in [0, 0.1) is 25.5 Å². The van der Waals surface area contributed by atoms with Gasteiger partial charge in [0, 0.05) is 16.2 Å². The number of H-pyrrole nitrogens is 1. The molecule has 0 aliphatic carbocycles. The highest BCUT2D eigenvalue weighted by Crippen LogP contribution is 2.23. The zero-order valence-electron chi connectivity index (χ0n) is 14.4. The Labute approximate surface area is 153 Å². The highest BCUT2D eigenvalue weighted by Gasteiger charge is 2.20. The van der Waals surface area contributed by atoms with E-state index in [-0.39, 0.29) is 22.1 Å². The Morgan fingerprint density at radius 1 is 1.19 bits per heavy atom. The molecule has 0 aliphatic rings. The van der Waals surface area contributed by atoms with Gasteiger partial charge in [-0.25, -0.2) is 8.78 Å². The first-order valence-electron chi connectivity index (χ1n) is 7.67. The molecule has 0 atom stereocenters. The summed E-state index contributed by atoms with van der Waals surface area (Å²) in [6.45, 7) is 4.21. The summed E-state index contributed by atoms with van der Waals surface area (Å²) in [4.78, 5) is 38.3. The zero-order chi connectivity index (χ0) is 19.4. The predicted octanol–water partition coefficient (Wildman–Crippen LogP) is 3.63. The molecule has 0 spiro atoms. The zero-order valence-corrected chi connectivity index (χ0v) is 15.3. The van der Waals surface area contributed by atoms with Crippen LogP contribution >= 0.6 is 11.8 Å². The Kier molecular flexibility index (Phi) is 6.31. The van der Waals surface area contributed by atoms with Gasteiger partial charge in [0.25, 0.3) is 0 Å². The molecule has 0 amide bonds. The fourth-order valence-electron chi connectivity index (χ4n) is 2.54. The number of aromatic amines is 1. The second-order valence-corrected chi connectivity index (χ2v) is 6.65. The molecule has 0 radical (unpaired) electrons. The Morgan fingerprint density at radius 2 is 1.88 bits per heavy atom. The van der Waals surface area contributed by atoms with Gasteiger partial charge in [0.1, 0.15) is 11.6 Å². The number of benzene rings is 1. The average molecular weight is 381 g/mol. The quantitative estimate of drug-likeness (QED) is 0.450. The number of thioether (sulfide) groups is 1. The van der Waals surface area contributed by atoms with Crippen molar-refractivity contribution in [3.05, 3.63) is 52.3 Å². The summed E-state index contributed by atoms with van der Waals surface area (Å²) in [5.41, 5.74) is 1.73. The van der Waals surface area contributed by atoms with Crippen LogP contribution in [0.2, 0.25) is 0 Å². The van der Waals surface area contributed by atoms with Crippen molar-refractivity contribution < 1.29 is 27.9 Å². The van der Waals surface area contributed by atoms with Crippen LogP contribution in [0.5, 0.6) is 0 Å². The number of Topliss-reactive ketones (excluding diaryl/α,β-unsaturated/α-hetero) is 2. The molecule has 0 fully saturated rings. The van der Waals surface area contributed by atoms with Crippen LogP contribution in [-0.4, -0.2) is 34.9 Å². The molecular weight excluding hydrogens is 364 g/mol. The molecule has 26 heavy (non-hydrogen) atoms. The summed E-state index contributed by atoms with van der Waals surface area (Å²) in [6.07, 6.45) is 0. The van der Waals surface area contributed by atoms with Gasteiger partial charge in [0.15, 0.2) is 12.4 Å². The van der Waals surface area contributed by atoms with E-state index in [2.05, 4.69) is 4.98 Å². The minimum Gasteiger partial charge on any atom is -0.457 e. The third kappa shape index (κ3) is 4.57. The maximum absolute atomic E-state index is 13.5. The largest absolute Gasteiger partial charge is 0.457 e. The average Bonchev–Trinajstić information content (AvgIpc) is 2.88. The van der Waals surface area contributed by atoms with E-state index in [0.717, 1.165) is 30.0 Å². The molecule has 1 heterocycles. The number of carbonyl (C=O) groups is 3. The summed E-state index contributed by atoms with van der Waals surface area (Å²) >= 11 is 0.777. The van der Waals surface area contributed by atoms with Gasteiger partial charge < -0.3 is 9.72 Å². The van der Waals surface area contributed by atoms with E-state index in [4.69, 9.17) is 4.74 Å². The molecule has 0 aliphatic heterocycles. The fourth-order valence-corrected chi connectivity index (χ4v) is 3.30. The Hall–Kier alpha value is -2.48. The van der Waals surface area contributed by atoms with Crippen molar-refractivity contribution >= 4 is 29.3 Å². The standard InChI is InChI=1S/C18H17F2NO4S/c1-9-17(11(3)22)10(2)21-18(9)14(23)7-25-16(24)8-26-15-6-12(19)4-5-13(15)20/h4-6,21H,7-8H2,1-3H3. The molecular formula is C18H17F2NO4S. The third-order valence-corrected chi connectivity index (χ3v) is 4.68. The number of aryl methyl sites for hydroxylation is 1. The molecule has 2 aromatic rings. The van der Waals surface area contributed by atoms with Crippen molar-refractivity contribution in [2.24, 2.45) is 0 Å². The first kappa shape index (κ1) is 19.8. The number of ketones is 2. The van der Waals surface area contributed by atoms with Gasteiger partial charge in [0.05, 0.1) is 11.4 Å². The first-order valence-corrected chi connectivity index (χ1v) is 8.66. The summed E-state index contributed by atoms with van der Waals surface area (Å²) in [5, 5.41) is 0. The van der Waals surface area contributed by atoms with Crippen molar-refractivity contribution in [2.75, 3.05) is 12.4 Å². The number of hydrogen-bond acceptors (Lipinski definition) is 5. The van der Waals surface area contributed by atoms with Crippen LogP contribution in [-0.2, 0) is 9.53 Å². The normalized spacial score (nSPS) is 10.7. The monoisotopic (exact) mass is 381 g/mol. The number of nitrogens with one attached hydrogen (secondary N) is 1. The minimum atomic E-state index is -0.736. The maximum Gasteiger partial charge on any atom is 0.316 e. The van der Waals surface area contributed by atoms with Gasteiger partial charge in [-0.1, -0.05) is 0 Å². The number of aromatic nitrogens is 1. The minimum absolute atomic E-state index is 0.0183. The summed E-state index contributed by atoms with van der Waals surface area (Å²) in [7, 11) is 0. The van der Waals surface area contributed by atoms with Gasteiger partial charge in [-0.15, -0.1) is 11.8 Å². The van der Waals surface area contributed by atoms with Crippen molar-refractivity contribution in [3.63, 3.8) is 0 Å². The van der Waals surface area contributed by atoms with Crippen LogP contribution < -0.4 is 0 Å². The predicted molar refractivity (Wildman–Crippen MR) is 92.6 cm³/mol. The molecule has 0 bridgehead atoms. The molecule has 5 nitrogen and oxygen atoms in total. The van der Waals surface area contributed by atoms with Crippen LogP contribution in [0.4, 0.5) is 8.78 Å². The van der Waals surface area contributed by atoms with E-state index in [9.17, 15) is 23.2 Å². The van der Waals surface area contributed by atoms with E-state index < -0.39 is 30.0 Å². The van der Waals surface area contributed by atoms with E-state index >= 15 is 0 Å². The molecule has 138 valence electrons. The van der Waals surface area contributed by atoms with Crippen molar-refractivity contribution in [1.29, 1.82) is 0 Å². The summed E-state index contributed by atoms with van der Waals surface area (Å²) in [6, 6.07) is 2.93.